The van der Waals surface area contributed by atoms with Gasteiger partial charge in [-0.05, 0) is 26.1 Å². The Hall–Kier alpha value is -0.453. The number of nitrogens with zero attached hydrogens (tertiary/aromatic N) is 1. The third kappa shape index (κ3) is 2.18. The van der Waals surface area contributed by atoms with Crippen molar-refractivity contribution in [2.24, 2.45) is 4.41 Å². The Morgan fingerprint density at radius 2 is 1.71 bits per heavy atom. The lowest BCUT2D eigenvalue weighted by Gasteiger charge is -2.69. The molecule has 4 saturated heterocycles. The van der Waals surface area contributed by atoms with Crippen LogP contribution in [0.15, 0.2) is 34.7 Å². The van der Waals surface area contributed by atoms with Crippen LogP contribution in [-0.2, 0) is 14.2 Å². The molecule has 0 spiro atoms. The fourth-order valence-electron chi connectivity index (χ4n) is 5.02. The smallest absolute Gasteiger partial charge is 0.173 e. The van der Waals surface area contributed by atoms with Crippen molar-refractivity contribution in [2.45, 2.75) is 76.0 Å². The Labute approximate surface area is 146 Å². The van der Waals surface area contributed by atoms with Gasteiger partial charge in [-0.1, -0.05) is 50.0 Å². The fourth-order valence-corrected chi connectivity index (χ4v) is 15.0. The van der Waals surface area contributed by atoms with Crippen LogP contribution >= 0.6 is 7.05 Å². The van der Waals surface area contributed by atoms with E-state index in [-0.39, 0.29) is 17.0 Å². The summed E-state index contributed by atoms with van der Waals surface area (Å²) in [6.07, 6.45) is 1.32. The van der Waals surface area contributed by atoms with Gasteiger partial charge in [0, 0.05) is 19.9 Å². The first kappa shape index (κ1) is 17.0. The van der Waals surface area contributed by atoms with Crippen molar-refractivity contribution >= 4 is 20.6 Å². The molecule has 0 amide bonds. The van der Waals surface area contributed by atoms with E-state index in [1.807, 2.05) is 0 Å². The Kier molecular flexibility index (Phi) is 3.42. The molecule has 132 valence electrons. The van der Waals surface area contributed by atoms with Gasteiger partial charge in [0.1, 0.15) is 10.7 Å². The molecule has 4 aliphatic heterocycles. The zero-order chi connectivity index (χ0) is 17.4. The van der Waals surface area contributed by atoms with Crippen molar-refractivity contribution in [3.05, 3.63) is 30.3 Å². The number of rotatable bonds is 2. The Bertz CT molecular complexity index is 706. The minimum atomic E-state index is -2.09. The SMILES string of the molecule is C[C@]12C[C@@]3(C)O[C@H](C[C@@](C)(O1)P3(=N[Si](C)(C)C)c1ccccc1)O2. The number of ether oxygens (including phenoxy) is 3. The predicted octanol–water partition coefficient (Wildman–Crippen LogP) is 4.69. The Morgan fingerprint density at radius 1 is 1.04 bits per heavy atom. The van der Waals surface area contributed by atoms with Crippen molar-refractivity contribution in [1.82, 2.24) is 0 Å². The highest BCUT2D eigenvalue weighted by atomic mass is 31.2. The van der Waals surface area contributed by atoms with E-state index in [2.05, 4.69) is 70.7 Å². The maximum Gasteiger partial charge on any atom is 0.173 e. The highest BCUT2D eigenvalue weighted by Crippen LogP contribution is 2.80. The van der Waals surface area contributed by atoms with Gasteiger partial charge in [0.2, 0.25) is 0 Å². The van der Waals surface area contributed by atoms with E-state index in [0.29, 0.717) is 0 Å². The molecule has 4 aliphatic rings. The molecule has 1 unspecified atom stereocenters. The molecule has 5 rings (SSSR count). The van der Waals surface area contributed by atoms with Gasteiger partial charge in [-0.15, -0.1) is 0 Å². The average Bonchev–Trinajstić information content (AvgIpc) is 2.40. The standard InChI is InChI=1S/C18H28NO3PSi/c1-16-13-18(3)21-15(20-16)12-17(2,22-16)23(18,19-24(4,5)6)14-10-8-7-9-11-14/h7-11,15H,12-13H2,1-6H3/t15-,16-,17+,18+,23?/m1/s1. The number of benzene rings is 1. The summed E-state index contributed by atoms with van der Waals surface area (Å²) in [4.78, 5) is 0. The van der Waals surface area contributed by atoms with Crippen LogP contribution in [-0.4, -0.2) is 31.0 Å². The molecule has 4 heterocycles. The van der Waals surface area contributed by atoms with Gasteiger partial charge in [0.05, 0.1) is 0 Å². The molecule has 0 saturated carbocycles. The molecule has 4 bridgehead atoms. The van der Waals surface area contributed by atoms with Gasteiger partial charge in [0.15, 0.2) is 20.3 Å². The summed E-state index contributed by atoms with van der Waals surface area (Å²) in [7, 11) is -3.81. The first-order valence-electron chi connectivity index (χ1n) is 8.76. The van der Waals surface area contributed by atoms with E-state index in [4.69, 9.17) is 18.6 Å². The minimum absolute atomic E-state index is 0.179. The van der Waals surface area contributed by atoms with E-state index in [0.717, 1.165) is 12.8 Å². The normalized spacial score (nSPS) is 47.0. The van der Waals surface area contributed by atoms with Crippen LogP contribution in [0.4, 0.5) is 0 Å². The third-order valence-electron chi connectivity index (χ3n) is 5.35. The minimum Gasteiger partial charge on any atom is -0.340 e. The molecule has 4 nitrogen and oxygen atoms in total. The van der Waals surface area contributed by atoms with Gasteiger partial charge >= 0.3 is 0 Å². The van der Waals surface area contributed by atoms with Crippen LogP contribution < -0.4 is 5.30 Å². The molecule has 0 aromatic heterocycles. The molecular formula is C18H28NO3PSi. The van der Waals surface area contributed by atoms with Crippen molar-refractivity contribution in [3.63, 3.8) is 0 Å². The van der Waals surface area contributed by atoms with E-state index < -0.39 is 21.1 Å². The Balaban J connectivity index is 2.06. The first-order chi connectivity index (χ1) is 11.0. The second kappa shape index (κ2) is 4.83. The quantitative estimate of drug-likeness (QED) is 0.564. The summed E-state index contributed by atoms with van der Waals surface area (Å²) >= 11 is 0. The van der Waals surface area contributed by atoms with E-state index in [1.54, 1.807) is 0 Å². The van der Waals surface area contributed by atoms with Crippen molar-refractivity contribution in [2.75, 3.05) is 0 Å². The van der Waals surface area contributed by atoms with E-state index >= 15 is 0 Å². The Morgan fingerprint density at radius 3 is 2.25 bits per heavy atom. The van der Waals surface area contributed by atoms with Gasteiger partial charge in [-0.2, -0.15) is 0 Å². The van der Waals surface area contributed by atoms with Crippen LogP contribution in [0.3, 0.4) is 0 Å². The lowest BCUT2D eigenvalue weighted by atomic mass is 10.0. The van der Waals surface area contributed by atoms with Crippen LogP contribution in [0.2, 0.25) is 19.6 Å². The molecule has 5 atom stereocenters. The summed E-state index contributed by atoms with van der Waals surface area (Å²) in [6.45, 7) is 13.5. The third-order valence-corrected chi connectivity index (χ3v) is 13.3. The van der Waals surface area contributed by atoms with Crippen LogP contribution in [0.1, 0.15) is 33.6 Å². The van der Waals surface area contributed by atoms with E-state index in [1.165, 1.54) is 5.30 Å². The first-order valence-corrected chi connectivity index (χ1v) is 14.0. The van der Waals surface area contributed by atoms with Gasteiger partial charge < -0.3 is 18.6 Å². The van der Waals surface area contributed by atoms with Crippen LogP contribution in [0.5, 0.6) is 0 Å². The molecule has 4 fully saturated rings. The number of hydrogen-bond donors (Lipinski definition) is 0. The van der Waals surface area contributed by atoms with Crippen molar-refractivity contribution in [1.29, 1.82) is 0 Å². The van der Waals surface area contributed by atoms with Crippen LogP contribution in [0.25, 0.3) is 0 Å². The van der Waals surface area contributed by atoms with E-state index in [9.17, 15) is 0 Å². The lowest BCUT2D eigenvalue weighted by molar-refractivity contribution is -0.428. The van der Waals surface area contributed by atoms with Gasteiger partial charge in [0.25, 0.3) is 0 Å². The fraction of sp³-hybridized carbons (Fsp3) is 0.667. The number of hydrogen-bond acceptors (Lipinski definition) is 4. The molecule has 1 aromatic carbocycles. The van der Waals surface area contributed by atoms with Gasteiger partial charge in [-0.25, -0.2) is 0 Å². The molecule has 0 radical (unpaired) electrons. The molecule has 0 aliphatic carbocycles. The molecule has 24 heavy (non-hydrogen) atoms. The zero-order valence-electron chi connectivity index (χ0n) is 15.5. The maximum atomic E-state index is 6.66. The maximum absolute atomic E-state index is 6.66. The summed E-state index contributed by atoms with van der Waals surface area (Å²) < 4.78 is 24.9. The zero-order valence-corrected chi connectivity index (χ0v) is 17.4. The molecule has 1 aromatic rings. The van der Waals surface area contributed by atoms with Gasteiger partial charge in [-0.3, -0.25) is 0 Å². The summed E-state index contributed by atoms with van der Waals surface area (Å²) in [5.74, 6) is -0.558. The van der Waals surface area contributed by atoms with Crippen molar-refractivity contribution in [3.8, 4) is 0 Å². The molecule has 6 heteroatoms. The second-order valence-corrected chi connectivity index (χ2v) is 17.7. The largest absolute Gasteiger partial charge is 0.340 e. The van der Waals surface area contributed by atoms with Crippen LogP contribution in [0, 0.1) is 0 Å². The highest BCUT2D eigenvalue weighted by Gasteiger charge is 2.72. The summed E-state index contributed by atoms with van der Waals surface area (Å²) in [5.41, 5.74) is 0. The monoisotopic (exact) mass is 365 g/mol. The summed E-state index contributed by atoms with van der Waals surface area (Å²) in [6, 6.07) is 10.8. The second-order valence-electron chi connectivity index (χ2n) is 8.87. The topological polar surface area (TPSA) is 40.0 Å². The van der Waals surface area contributed by atoms with Crippen molar-refractivity contribution < 1.29 is 14.2 Å². The summed E-state index contributed by atoms with van der Waals surface area (Å²) in [5, 5.41) is 0.662. The average molecular weight is 365 g/mol. The molecule has 0 N–H and O–H groups in total. The highest BCUT2D eigenvalue weighted by molar-refractivity contribution is 7.77. The predicted molar refractivity (Wildman–Crippen MR) is 100 cm³/mol. The lowest BCUT2D eigenvalue weighted by Crippen LogP contribution is -2.69. The molecular weight excluding hydrogens is 337 g/mol.